The standard InChI is InChI=1S/C18H18OS/c1-20-17-10-8-14(9-11-17)18(19)16-7-6-13-4-2-3-5-15(13)12-16/h2-5,8-11,16H,6-7,12H2,1H3. The molecule has 0 saturated heterocycles. The molecule has 1 aliphatic carbocycles. The van der Waals surface area contributed by atoms with E-state index in [0.717, 1.165) is 24.8 Å². The topological polar surface area (TPSA) is 17.1 Å². The first-order valence-corrected chi connectivity index (χ1v) is 8.25. The Morgan fingerprint density at radius 2 is 1.75 bits per heavy atom. The molecule has 0 heterocycles. The minimum Gasteiger partial charge on any atom is -0.294 e. The summed E-state index contributed by atoms with van der Waals surface area (Å²) in [5.41, 5.74) is 3.61. The molecule has 3 rings (SSSR count). The Morgan fingerprint density at radius 3 is 2.45 bits per heavy atom. The summed E-state index contributed by atoms with van der Waals surface area (Å²) in [7, 11) is 0. The first kappa shape index (κ1) is 13.4. The summed E-state index contributed by atoms with van der Waals surface area (Å²) >= 11 is 1.70. The van der Waals surface area contributed by atoms with Gasteiger partial charge in [-0.1, -0.05) is 36.4 Å². The Kier molecular flexibility index (Phi) is 3.93. The highest BCUT2D eigenvalue weighted by molar-refractivity contribution is 7.98. The number of carbonyl (C=O) groups excluding carboxylic acids is 1. The number of hydrogen-bond acceptors (Lipinski definition) is 2. The highest BCUT2D eigenvalue weighted by atomic mass is 32.2. The molecule has 1 unspecified atom stereocenters. The third-order valence-electron chi connectivity index (χ3n) is 4.09. The predicted molar refractivity (Wildman–Crippen MR) is 84.5 cm³/mol. The van der Waals surface area contributed by atoms with Gasteiger partial charge in [-0.2, -0.15) is 0 Å². The van der Waals surface area contributed by atoms with Crippen molar-refractivity contribution in [3.8, 4) is 0 Å². The molecule has 20 heavy (non-hydrogen) atoms. The third-order valence-corrected chi connectivity index (χ3v) is 4.84. The highest BCUT2D eigenvalue weighted by Gasteiger charge is 2.25. The lowest BCUT2D eigenvalue weighted by atomic mass is 9.80. The van der Waals surface area contributed by atoms with Gasteiger partial charge in [-0.25, -0.2) is 0 Å². The fourth-order valence-electron chi connectivity index (χ4n) is 2.91. The lowest BCUT2D eigenvalue weighted by Crippen LogP contribution is -2.22. The van der Waals surface area contributed by atoms with Crippen LogP contribution in [0.3, 0.4) is 0 Å². The average molecular weight is 282 g/mol. The van der Waals surface area contributed by atoms with E-state index in [-0.39, 0.29) is 5.92 Å². The molecular formula is C18H18OS. The molecule has 0 saturated carbocycles. The Morgan fingerprint density at radius 1 is 1.05 bits per heavy atom. The van der Waals surface area contributed by atoms with Crippen LogP contribution in [-0.2, 0) is 12.8 Å². The van der Waals surface area contributed by atoms with Crippen LogP contribution in [0.2, 0.25) is 0 Å². The van der Waals surface area contributed by atoms with Gasteiger partial charge in [-0.05, 0) is 48.8 Å². The molecule has 1 atom stereocenters. The van der Waals surface area contributed by atoms with E-state index >= 15 is 0 Å². The van der Waals surface area contributed by atoms with Crippen LogP contribution < -0.4 is 0 Å². The van der Waals surface area contributed by atoms with Gasteiger partial charge < -0.3 is 0 Å². The van der Waals surface area contributed by atoms with Crippen molar-refractivity contribution in [2.24, 2.45) is 5.92 Å². The zero-order chi connectivity index (χ0) is 13.9. The van der Waals surface area contributed by atoms with Crippen LogP contribution in [0, 0.1) is 5.92 Å². The van der Waals surface area contributed by atoms with Crippen LogP contribution in [0.15, 0.2) is 53.4 Å². The number of benzene rings is 2. The van der Waals surface area contributed by atoms with E-state index in [4.69, 9.17) is 0 Å². The first-order valence-electron chi connectivity index (χ1n) is 7.03. The van der Waals surface area contributed by atoms with Gasteiger partial charge in [0.1, 0.15) is 0 Å². The third kappa shape index (κ3) is 2.66. The molecule has 2 heteroatoms. The zero-order valence-electron chi connectivity index (χ0n) is 11.6. The second kappa shape index (κ2) is 5.84. The Balaban J connectivity index is 1.78. The monoisotopic (exact) mass is 282 g/mol. The largest absolute Gasteiger partial charge is 0.294 e. The van der Waals surface area contributed by atoms with E-state index < -0.39 is 0 Å². The molecular weight excluding hydrogens is 264 g/mol. The van der Waals surface area contributed by atoms with E-state index in [1.54, 1.807) is 11.8 Å². The van der Waals surface area contributed by atoms with Crippen LogP contribution >= 0.6 is 11.8 Å². The molecule has 0 aliphatic heterocycles. The summed E-state index contributed by atoms with van der Waals surface area (Å²) in [5.74, 6) is 0.442. The smallest absolute Gasteiger partial charge is 0.166 e. The first-order chi connectivity index (χ1) is 9.78. The van der Waals surface area contributed by atoms with Crippen molar-refractivity contribution in [2.75, 3.05) is 6.26 Å². The van der Waals surface area contributed by atoms with Crippen LogP contribution in [0.4, 0.5) is 0 Å². The molecule has 0 aromatic heterocycles. The number of Topliss-reactive ketones (excluding diaryl/α,β-unsaturated/α-hetero) is 1. The van der Waals surface area contributed by atoms with Gasteiger partial charge in [0.05, 0.1) is 0 Å². The number of fused-ring (bicyclic) bond motifs is 1. The molecule has 102 valence electrons. The summed E-state index contributed by atoms with van der Waals surface area (Å²) in [5, 5.41) is 0. The van der Waals surface area contributed by atoms with Crippen LogP contribution in [0.25, 0.3) is 0 Å². The summed E-state index contributed by atoms with van der Waals surface area (Å²) in [4.78, 5) is 13.8. The number of rotatable bonds is 3. The fraction of sp³-hybridized carbons (Fsp3) is 0.278. The lowest BCUT2D eigenvalue weighted by molar-refractivity contribution is 0.0908. The molecule has 0 amide bonds. The second-order valence-corrected chi connectivity index (χ2v) is 6.18. The van der Waals surface area contributed by atoms with E-state index in [9.17, 15) is 4.79 Å². The second-order valence-electron chi connectivity index (χ2n) is 5.30. The number of aryl methyl sites for hydroxylation is 1. The molecule has 0 spiro atoms. The molecule has 2 aromatic carbocycles. The molecule has 0 fully saturated rings. The molecule has 1 aliphatic rings. The molecule has 2 aromatic rings. The number of hydrogen-bond donors (Lipinski definition) is 0. The van der Waals surface area contributed by atoms with Crippen molar-refractivity contribution in [3.05, 3.63) is 65.2 Å². The fourth-order valence-corrected chi connectivity index (χ4v) is 3.32. The Bertz CT molecular complexity index is 616. The average Bonchev–Trinajstić information content (AvgIpc) is 2.54. The van der Waals surface area contributed by atoms with Gasteiger partial charge in [0.25, 0.3) is 0 Å². The van der Waals surface area contributed by atoms with Crippen molar-refractivity contribution in [1.82, 2.24) is 0 Å². The lowest BCUT2D eigenvalue weighted by Gasteiger charge is -2.23. The van der Waals surface area contributed by atoms with Crippen LogP contribution in [0.5, 0.6) is 0 Å². The quantitative estimate of drug-likeness (QED) is 0.613. The highest BCUT2D eigenvalue weighted by Crippen LogP contribution is 2.28. The van der Waals surface area contributed by atoms with Gasteiger partial charge >= 0.3 is 0 Å². The van der Waals surface area contributed by atoms with Crippen molar-refractivity contribution in [3.63, 3.8) is 0 Å². The summed E-state index contributed by atoms with van der Waals surface area (Å²) in [6, 6.07) is 16.5. The normalized spacial score (nSPS) is 17.6. The molecule has 1 nitrogen and oxygen atoms in total. The maximum Gasteiger partial charge on any atom is 0.166 e. The number of ketones is 1. The Hall–Kier alpha value is -1.54. The Labute approximate surface area is 124 Å². The summed E-state index contributed by atoms with van der Waals surface area (Å²) < 4.78 is 0. The molecule has 0 radical (unpaired) electrons. The minimum absolute atomic E-state index is 0.144. The van der Waals surface area contributed by atoms with Crippen molar-refractivity contribution in [2.45, 2.75) is 24.2 Å². The molecule has 0 N–H and O–H groups in total. The van der Waals surface area contributed by atoms with E-state index in [2.05, 4.69) is 30.5 Å². The SMILES string of the molecule is CSc1ccc(C(=O)C2CCc3ccccc3C2)cc1. The van der Waals surface area contributed by atoms with E-state index in [1.807, 2.05) is 24.3 Å². The van der Waals surface area contributed by atoms with Gasteiger partial charge in [-0.15, -0.1) is 11.8 Å². The zero-order valence-corrected chi connectivity index (χ0v) is 12.5. The minimum atomic E-state index is 0.144. The van der Waals surface area contributed by atoms with E-state index in [1.165, 1.54) is 16.0 Å². The maximum atomic E-state index is 12.6. The van der Waals surface area contributed by atoms with Gasteiger partial charge in [0.15, 0.2) is 5.78 Å². The maximum absolute atomic E-state index is 12.6. The molecule has 0 bridgehead atoms. The predicted octanol–water partition coefficient (Wildman–Crippen LogP) is 4.40. The van der Waals surface area contributed by atoms with Crippen molar-refractivity contribution >= 4 is 17.5 Å². The van der Waals surface area contributed by atoms with E-state index in [0.29, 0.717) is 5.78 Å². The van der Waals surface area contributed by atoms with Gasteiger partial charge in [0, 0.05) is 16.4 Å². The van der Waals surface area contributed by atoms with Crippen molar-refractivity contribution < 1.29 is 4.79 Å². The van der Waals surface area contributed by atoms with Gasteiger partial charge in [0.2, 0.25) is 0 Å². The number of thioether (sulfide) groups is 1. The summed E-state index contributed by atoms with van der Waals surface area (Å²) in [6.45, 7) is 0. The van der Waals surface area contributed by atoms with Crippen molar-refractivity contribution in [1.29, 1.82) is 0 Å². The van der Waals surface area contributed by atoms with Crippen LogP contribution in [0.1, 0.15) is 27.9 Å². The van der Waals surface area contributed by atoms with Crippen LogP contribution in [-0.4, -0.2) is 12.0 Å². The number of carbonyl (C=O) groups is 1. The summed E-state index contributed by atoms with van der Waals surface area (Å²) in [6.07, 6.45) is 4.93. The van der Waals surface area contributed by atoms with Gasteiger partial charge in [-0.3, -0.25) is 4.79 Å².